The van der Waals surface area contributed by atoms with Crippen molar-refractivity contribution in [3.63, 3.8) is 0 Å². The van der Waals surface area contributed by atoms with Crippen molar-refractivity contribution in [3.05, 3.63) is 82.8 Å². The van der Waals surface area contributed by atoms with E-state index >= 15 is 0 Å². The number of hydrogen-bond acceptors (Lipinski definition) is 6. The maximum Gasteiger partial charge on any atom is 0.124 e. The van der Waals surface area contributed by atoms with Crippen LogP contribution < -0.4 is 22.5 Å². The van der Waals surface area contributed by atoms with Gasteiger partial charge in [0.2, 0.25) is 0 Å². The van der Waals surface area contributed by atoms with Crippen LogP contribution in [0.1, 0.15) is 16.7 Å². The van der Waals surface area contributed by atoms with Gasteiger partial charge in [0.25, 0.3) is 0 Å². The van der Waals surface area contributed by atoms with Gasteiger partial charge in [-0.1, -0.05) is 36.4 Å². The van der Waals surface area contributed by atoms with Crippen molar-refractivity contribution in [1.82, 2.24) is 5.32 Å². The fourth-order valence-electron chi connectivity index (χ4n) is 2.34. The number of phenolic OH excluding ortho intramolecular Hbond substituents is 1. The van der Waals surface area contributed by atoms with E-state index in [1.165, 1.54) is 0 Å². The van der Waals surface area contributed by atoms with Gasteiger partial charge in [-0.05, 0) is 35.8 Å². The second-order valence-electron chi connectivity index (χ2n) is 5.64. The minimum absolute atomic E-state index is 0.0333. The van der Waals surface area contributed by atoms with E-state index in [9.17, 15) is 5.11 Å². The van der Waals surface area contributed by atoms with Crippen molar-refractivity contribution in [1.29, 1.82) is 0 Å². The number of phenols is 1. The standard InChI is InChI=1S/C19H24N4O2/c20-16(15-3-1-2-4-18(15)25)11-17(19(21)22)23-10-9-13-5-7-14(12-24)8-6-13/h1-8,11,23-25H,9-10,12,20-22H2/b16-11-. The number of aliphatic hydroxyl groups excluding tert-OH is 1. The molecule has 0 spiro atoms. The number of para-hydroxylation sites is 1. The minimum atomic E-state index is 0.0333. The van der Waals surface area contributed by atoms with Gasteiger partial charge in [0.1, 0.15) is 11.6 Å². The average molecular weight is 340 g/mol. The zero-order valence-corrected chi connectivity index (χ0v) is 13.9. The molecule has 0 aliphatic rings. The van der Waals surface area contributed by atoms with Gasteiger partial charge in [0, 0.05) is 17.8 Å². The smallest absolute Gasteiger partial charge is 0.124 e. The molecule has 25 heavy (non-hydrogen) atoms. The molecule has 132 valence electrons. The molecule has 2 aromatic carbocycles. The third kappa shape index (κ3) is 5.19. The number of nitrogens with two attached hydrogens (primary N) is 3. The second-order valence-corrected chi connectivity index (χ2v) is 5.64. The van der Waals surface area contributed by atoms with Crippen molar-refractivity contribution >= 4 is 5.70 Å². The summed E-state index contributed by atoms with van der Waals surface area (Å²) in [6.45, 7) is 0.641. The number of benzene rings is 2. The molecule has 0 atom stereocenters. The molecule has 0 amide bonds. The van der Waals surface area contributed by atoms with Gasteiger partial charge < -0.3 is 32.7 Å². The minimum Gasteiger partial charge on any atom is -0.507 e. The van der Waals surface area contributed by atoms with Gasteiger partial charge in [-0.3, -0.25) is 0 Å². The second kappa shape index (κ2) is 8.65. The summed E-state index contributed by atoms with van der Waals surface area (Å²) in [4.78, 5) is 0. The van der Waals surface area contributed by atoms with E-state index in [1.807, 2.05) is 24.3 Å². The lowest BCUT2D eigenvalue weighted by molar-refractivity contribution is 0.282. The van der Waals surface area contributed by atoms with Gasteiger partial charge in [-0.15, -0.1) is 0 Å². The Bertz CT molecular complexity index is 763. The molecule has 6 heteroatoms. The van der Waals surface area contributed by atoms with E-state index in [0.717, 1.165) is 17.5 Å². The molecule has 0 fully saturated rings. The van der Waals surface area contributed by atoms with E-state index in [1.54, 1.807) is 30.3 Å². The third-order valence-corrected chi connectivity index (χ3v) is 3.76. The molecule has 0 aliphatic heterocycles. The van der Waals surface area contributed by atoms with Crippen LogP contribution in [-0.2, 0) is 13.0 Å². The first-order chi connectivity index (χ1) is 12.0. The summed E-state index contributed by atoms with van der Waals surface area (Å²) in [5, 5.41) is 22.1. The summed E-state index contributed by atoms with van der Waals surface area (Å²) in [7, 11) is 0. The topological polar surface area (TPSA) is 131 Å². The Morgan fingerprint density at radius 3 is 2.20 bits per heavy atom. The highest BCUT2D eigenvalue weighted by Crippen LogP contribution is 2.21. The lowest BCUT2D eigenvalue weighted by Gasteiger charge is -2.11. The Labute approximate surface area is 147 Å². The molecular formula is C19H24N4O2. The van der Waals surface area contributed by atoms with Crippen LogP contribution in [-0.4, -0.2) is 16.8 Å². The normalized spacial score (nSPS) is 11.2. The molecule has 6 nitrogen and oxygen atoms in total. The first-order valence-corrected chi connectivity index (χ1v) is 7.94. The fourth-order valence-corrected chi connectivity index (χ4v) is 2.34. The maximum absolute atomic E-state index is 9.86. The molecule has 0 radical (unpaired) electrons. The van der Waals surface area contributed by atoms with Gasteiger partial charge >= 0.3 is 0 Å². The SMILES string of the molecule is NC(N)=C(/C=C(\N)c1ccccc1O)NCCc1ccc(CO)cc1. The predicted molar refractivity (Wildman–Crippen MR) is 99.7 cm³/mol. The number of allylic oxidation sites excluding steroid dienone is 1. The van der Waals surface area contributed by atoms with Gasteiger partial charge in [0.05, 0.1) is 12.3 Å². The Morgan fingerprint density at radius 1 is 0.960 bits per heavy atom. The molecule has 0 aliphatic carbocycles. The van der Waals surface area contributed by atoms with Crippen LogP contribution in [0.2, 0.25) is 0 Å². The van der Waals surface area contributed by atoms with E-state index in [0.29, 0.717) is 23.5 Å². The third-order valence-electron chi connectivity index (χ3n) is 3.76. The lowest BCUT2D eigenvalue weighted by atomic mass is 10.1. The fraction of sp³-hybridized carbons (Fsp3) is 0.158. The van der Waals surface area contributed by atoms with E-state index < -0.39 is 0 Å². The predicted octanol–water partition coefficient (Wildman–Crippen LogP) is 1.10. The summed E-state index contributed by atoms with van der Waals surface area (Å²) < 4.78 is 0. The largest absolute Gasteiger partial charge is 0.507 e. The zero-order valence-electron chi connectivity index (χ0n) is 13.9. The molecule has 0 saturated carbocycles. The summed E-state index contributed by atoms with van der Waals surface area (Å²) in [5.41, 5.74) is 20.9. The highest BCUT2D eigenvalue weighted by atomic mass is 16.3. The van der Waals surface area contributed by atoms with Crippen LogP contribution in [0.15, 0.2) is 66.1 Å². The average Bonchev–Trinajstić information content (AvgIpc) is 2.61. The quantitative estimate of drug-likeness (QED) is 0.419. The number of aliphatic hydroxyl groups is 1. The van der Waals surface area contributed by atoms with Crippen molar-refractivity contribution in [2.75, 3.05) is 6.54 Å². The highest BCUT2D eigenvalue weighted by molar-refractivity contribution is 5.69. The van der Waals surface area contributed by atoms with Crippen molar-refractivity contribution in [2.24, 2.45) is 17.2 Å². The molecule has 0 heterocycles. The molecule has 0 aromatic heterocycles. The molecule has 0 saturated heterocycles. The number of rotatable bonds is 7. The van der Waals surface area contributed by atoms with Crippen LogP contribution in [0.3, 0.4) is 0 Å². The Balaban J connectivity index is 2.03. The van der Waals surface area contributed by atoms with E-state index in [-0.39, 0.29) is 18.2 Å². The molecule has 9 N–H and O–H groups in total. The number of hydrogen-bond donors (Lipinski definition) is 6. The van der Waals surface area contributed by atoms with Gasteiger partial charge in [-0.25, -0.2) is 0 Å². The van der Waals surface area contributed by atoms with Crippen molar-refractivity contribution in [3.8, 4) is 5.75 Å². The Kier molecular flexibility index (Phi) is 6.31. The zero-order chi connectivity index (χ0) is 18.2. The Morgan fingerprint density at radius 2 is 1.60 bits per heavy atom. The first kappa shape index (κ1) is 18.2. The summed E-state index contributed by atoms with van der Waals surface area (Å²) in [5.74, 6) is 0.212. The molecule has 2 aromatic rings. The van der Waals surface area contributed by atoms with E-state index in [4.69, 9.17) is 22.3 Å². The summed E-state index contributed by atoms with van der Waals surface area (Å²) in [6, 6.07) is 14.5. The van der Waals surface area contributed by atoms with Crippen LogP contribution in [0.25, 0.3) is 5.70 Å². The molecular weight excluding hydrogens is 316 g/mol. The van der Waals surface area contributed by atoms with Crippen LogP contribution in [0, 0.1) is 0 Å². The summed E-state index contributed by atoms with van der Waals surface area (Å²) >= 11 is 0. The van der Waals surface area contributed by atoms with Crippen molar-refractivity contribution in [2.45, 2.75) is 13.0 Å². The molecule has 0 bridgehead atoms. The number of nitrogens with one attached hydrogen (secondary N) is 1. The van der Waals surface area contributed by atoms with Crippen LogP contribution in [0.5, 0.6) is 5.75 Å². The summed E-state index contributed by atoms with van der Waals surface area (Å²) in [6.07, 6.45) is 2.37. The molecule has 0 unspecified atom stereocenters. The Hall–Kier alpha value is -3.12. The highest BCUT2D eigenvalue weighted by Gasteiger charge is 2.05. The monoisotopic (exact) mass is 340 g/mol. The van der Waals surface area contributed by atoms with Gasteiger partial charge in [0.15, 0.2) is 0 Å². The first-order valence-electron chi connectivity index (χ1n) is 7.94. The van der Waals surface area contributed by atoms with Crippen LogP contribution in [0.4, 0.5) is 0 Å². The molecule has 2 rings (SSSR count). The van der Waals surface area contributed by atoms with E-state index in [2.05, 4.69) is 5.32 Å². The lowest BCUT2D eigenvalue weighted by Crippen LogP contribution is -2.24. The maximum atomic E-state index is 9.86. The van der Waals surface area contributed by atoms with Crippen LogP contribution >= 0.6 is 0 Å². The van der Waals surface area contributed by atoms with Gasteiger partial charge in [-0.2, -0.15) is 0 Å². The van der Waals surface area contributed by atoms with Crippen molar-refractivity contribution < 1.29 is 10.2 Å². The number of aromatic hydroxyl groups is 1.